The Hall–Kier alpha value is -3.87. The number of carbonyl (C=O) groups excluding carboxylic acids is 4. The molecule has 0 aliphatic rings. The number of carboxylic acid groups (broad SMARTS) is 1. The summed E-state index contributed by atoms with van der Waals surface area (Å²) < 4.78 is 5.33. The lowest BCUT2D eigenvalue weighted by molar-refractivity contribution is -0.141. The second-order valence-corrected chi connectivity index (χ2v) is 11.5. The molecule has 13 nitrogen and oxygen atoms in total. The van der Waals surface area contributed by atoms with Gasteiger partial charge >= 0.3 is 18.1 Å². The van der Waals surface area contributed by atoms with Crippen molar-refractivity contribution in [2.24, 2.45) is 23.3 Å². The van der Waals surface area contributed by atoms with Gasteiger partial charge in [-0.15, -0.1) is 0 Å². The highest BCUT2D eigenvalue weighted by molar-refractivity contribution is 5.97. The lowest BCUT2D eigenvalue weighted by atomic mass is 9.96. The molecular formula is C28H46N6O7. The molecule has 0 saturated heterocycles. The van der Waals surface area contributed by atoms with Crippen LogP contribution in [-0.2, 0) is 25.5 Å². The van der Waals surface area contributed by atoms with E-state index in [0.717, 1.165) is 5.56 Å². The molecule has 0 saturated carbocycles. The highest BCUT2D eigenvalue weighted by atomic mass is 16.6. The largest absolute Gasteiger partial charge is 0.481 e. The number of hydrogen-bond donors (Lipinski definition) is 7. The second kappa shape index (κ2) is 16.4. The van der Waals surface area contributed by atoms with Gasteiger partial charge in [0.15, 0.2) is 0 Å². The average molecular weight is 579 g/mol. The molecule has 0 aliphatic heterocycles. The van der Waals surface area contributed by atoms with E-state index in [1.165, 1.54) is 0 Å². The zero-order valence-electron chi connectivity index (χ0n) is 24.8. The summed E-state index contributed by atoms with van der Waals surface area (Å²) in [6.45, 7) is 10.6. The van der Waals surface area contributed by atoms with Crippen LogP contribution in [-0.4, -0.2) is 65.3 Å². The van der Waals surface area contributed by atoms with Crippen LogP contribution in [0.25, 0.3) is 0 Å². The molecule has 0 heterocycles. The van der Waals surface area contributed by atoms with E-state index in [1.54, 1.807) is 65.8 Å². The number of amides is 5. The van der Waals surface area contributed by atoms with Crippen LogP contribution < -0.4 is 32.7 Å². The van der Waals surface area contributed by atoms with Crippen molar-refractivity contribution in [3.8, 4) is 0 Å². The van der Waals surface area contributed by atoms with Crippen molar-refractivity contribution in [2.45, 2.75) is 91.0 Å². The van der Waals surface area contributed by atoms with Gasteiger partial charge in [0.05, 0.1) is 12.0 Å². The highest BCUT2D eigenvalue weighted by Gasteiger charge is 2.26. The Morgan fingerprint density at radius 3 is 2.10 bits per heavy atom. The minimum Gasteiger partial charge on any atom is -0.481 e. The summed E-state index contributed by atoms with van der Waals surface area (Å²) in [6, 6.07) is 3.97. The van der Waals surface area contributed by atoms with Crippen LogP contribution in [0.1, 0.15) is 66.4 Å². The molecule has 0 aromatic heterocycles. The van der Waals surface area contributed by atoms with E-state index in [9.17, 15) is 29.1 Å². The Labute approximate surface area is 241 Å². The molecule has 1 aromatic rings. The molecule has 0 bridgehead atoms. The van der Waals surface area contributed by atoms with Crippen molar-refractivity contribution in [3.63, 3.8) is 0 Å². The summed E-state index contributed by atoms with van der Waals surface area (Å²) in [5.41, 5.74) is 11.6. The SMILES string of the molecule is CC(C)[C@H](N)C(=O)N[C@@H](CCCNC(N)=O)C(=O)Nc1ccc(C[C@@H](C[C@H](C)C(=O)O)NC(=O)OC(C)(C)C)cc1. The van der Waals surface area contributed by atoms with Crippen LogP contribution in [0.4, 0.5) is 15.3 Å². The smallest absolute Gasteiger partial charge is 0.407 e. The lowest BCUT2D eigenvalue weighted by Gasteiger charge is -2.25. The monoisotopic (exact) mass is 578 g/mol. The number of primary amides is 1. The first-order chi connectivity index (χ1) is 19.0. The summed E-state index contributed by atoms with van der Waals surface area (Å²) in [7, 11) is 0. The number of rotatable bonds is 15. The minimum absolute atomic E-state index is 0.130. The van der Waals surface area contributed by atoms with Crippen molar-refractivity contribution >= 4 is 35.6 Å². The topological polar surface area (TPSA) is 215 Å². The standard InChI is InChI=1S/C28H46N6O7/c1-16(2)22(29)24(36)34-21(8-7-13-31-26(30)39)23(35)32-19-11-9-18(10-12-19)15-20(14-17(3)25(37)38)33-27(40)41-28(4,5)6/h9-12,16-17,20-22H,7-8,13-15,29H2,1-6H3,(H,32,35)(H,33,40)(H,34,36)(H,37,38)(H3,30,31,39)/t17-,20+,21-,22-/m0/s1. The van der Waals surface area contributed by atoms with Crippen LogP contribution in [0.3, 0.4) is 0 Å². The van der Waals surface area contributed by atoms with Gasteiger partial charge < -0.3 is 42.6 Å². The zero-order valence-corrected chi connectivity index (χ0v) is 24.8. The summed E-state index contributed by atoms with van der Waals surface area (Å²) in [6.07, 6.45) is 0.514. The molecule has 0 unspecified atom stereocenters. The van der Waals surface area contributed by atoms with Crippen molar-refractivity contribution in [2.75, 3.05) is 11.9 Å². The van der Waals surface area contributed by atoms with E-state index in [2.05, 4.69) is 21.3 Å². The maximum Gasteiger partial charge on any atom is 0.407 e. The summed E-state index contributed by atoms with van der Waals surface area (Å²) in [5.74, 6) is -2.71. The number of ether oxygens (including phenoxy) is 1. The van der Waals surface area contributed by atoms with Crippen molar-refractivity contribution in [1.29, 1.82) is 0 Å². The molecule has 1 rings (SSSR count). The molecule has 0 aliphatic carbocycles. The number of nitrogens with one attached hydrogen (secondary N) is 4. The first-order valence-corrected chi connectivity index (χ1v) is 13.7. The molecule has 0 radical (unpaired) electrons. The van der Waals surface area contributed by atoms with Gasteiger partial charge in [0.2, 0.25) is 11.8 Å². The molecule has 0 fully saturated rings. The van der Waals surface area contributed by atoms with E-state index in [4.69, 9.17) is 16.2 Å². The quantitative estimate of drug-likeness (QED) is 0.153. The zero-order chi connectivity index (χ0) is 31.3. The van der Waals surface area contributed by atoms with E-state index in [-0.39, 0.29) is 25.3 Å². The fourth-order valence-corrected chi connectivity index (χ4v) is 3.79. The third-order valence-electron chi connectivity index (χ3n) is 6.11. The number of benzene rings is 1. The van der Waals surface area contributed by atoms with E-state index < -0.39 is 59.6 Å². The van der Waals surface area contributed by atoms with Crippen LogP contribution in [0.15, 0.2) is 24.3 Å². The van der Waals surface area contributed by atoms with Gasteiger partial charge in [-0.05, 0) is 70.1 Å². The van der Waals surface area contributed by atoms with Gasteiger partial charge in [-0.1, -0.05) is 32.9 Å². The number of alkyl carbamates (subject to hydrolysis) is 1. The molecule has 0 spiro atoms. The number of carbonyl (C=O) groups is 5. The van der Waals surface area contributed by atoms with Crippen molar-refractivity contribution < 1.29 is 33.8 Å². The maximum atomic E-state index is 13.1. The minimum atomic E-state index is -0.972. The number of hydrogen-bond acceptors (Lipinski definition) is 7. The van der Waals surface area contributed by atoms with Crippen LogP contribution in [0, 0.1) is 11.8 Å². The van der Waals surface area contributed by atoms with Gasteiger partial charge in [0.25, 0.3) is 0 Å². The Balaban J connectivity index is 2.95. The number of urea groups is 1. The van der Waals surface area contributed by atoms with Crippen LogP contribution in [0.2, 0.25) is 0 Å². The lowest BCUT2D eigenvalue weighted by Crippen LogP contribution is -2.51. The van der Waals surface area contributed by atoms with Gasteiger partial charge in [0, 0.05) is 18.3 Å². The predicted octanol–water partition coefficient (Wildman–Crippen LogP) is 2.09. The van der Waals surface area contributed by atoms with Gasteiger partial charge in [0.1, 0.15) is 11.6 Å². The molecule has 9 N–H and O–H groups in total. The van der Waals surface area contributed by atoms with Crippen LogP contribution in [0.5, 0.6) is 0 Å². The van der Waals surface area contributed by atoms with Crippen LogP contribution >= 0.6 is 0 Å². The van der Waals surface area contributed by atoms with E-state index in [1.807, 2.05) is 0 Å². The number of aliphatic carboxylic acids is 1. The number of carboxylic acids is 1. The summed E-state index contributed by atoms with van der Waals surface area (Å²) in [5, 5.41) is 20.0. The highest BCUT2D eigenvalue weighted by Crippen LogP contribution is 2.17. The molecule has 13 heteroatoms. The van der Waals surface area contributed by atoms with Gasteiger partial charge in [-0.3, -0.25) is 14.4 Å². The number of anilines is 1. The third kappa shape index (κ3) is 14.4. The predicted molar refractivity (Wildman–Crippen MR) is 155 cm³/mol. The summed E-state index contributed by atoms with van der Waals surface area (Å²) in [4.78, 5) is 60.3. The molecule has 41 heavy (non-hydrogen) atoms. The first kappa shape index (κ1) is 35.2. The summed E-state index contributed by atoms with van der Waals surface area (Å²) >= 11 is 0. The molecular weight excluding hydrogens is 532 g/mol. The van der Waals surface area contributed by atoms with Gasteiger partial charge in [-0.25, -0.2) is 9.59 Å². The van der Waals surface area contributed by atoms with E-state index >= 15 is 0 Å². The Bertz CT molecular complexity index is 1040. The third-order valence-corrected chi connectivity index (χ3v) is 6.11. The Kier molecular flexibility index (Phi) is 14.1. The Morgan fingerprint density at radius 1 is 0.976 bits per heavy atom. The first-order valence-electron chi connectivity index (χ1n) is 13.7. The average Bonchev–Trinajstić information content (AvgIpc) is 2.84. The van der Waals surface area contributed by atoms with Crippen molar-refractivity contribution in [1.82, 2.24) is 16.0 Å². The Morgan fingerprint density at radius 2 is 1.59 bits per heavy atom. The molecule has 230 valence electrons. The molecule has 4 atom stereocenters. The molecule has 5 amide bonds. The maximum absolute atomic E-state index is 13.1. The van der Waals surface area contributed by atoms with Crippen molar-refractivity contribution in [3.05, 3.63) is 29.8 Å². The van der Waals surface area contributed by atoms with E-state index in [0.29, 0.717) is 18.5 Å². The van der Waals surface area contributed by atoms with Gasteiger partial charge in [-0.2, -0.15) is 0 Å². The molecule has 1 aromatic carbocycles. The number of nitrogens with two attached hydrogens (primary N) is 2. The normalized spacial score (nSPS) is 14.2. The second-order valence-electron chi connectivity index (χ2n) is 11.5. The fourth-order valence-electron chi connectivity index (χ4n) is 3.79. The fraction of sp³-hybridized carbons (Fsp3) is 0.607.